The Morgan fingerprint density at radius 1 is 1.26 bits per heavy atom. The topological polar surface area (TPSA) is 101 Å². The number of fused-ring (bicyclic) bond motifs is 1. The largest absolute Gasteiger partial charge is 0.490 e. The molecule has 1 aliphatic heterocycles. The molecule has 0 fully saturated rings. The fraction of sp³-hybridized carbons (Fsp3) is 0.444. The highest BCUT2D eigenvalue weighted by atomic mass is 19.4. The number of alkyl halides is 3. The van der Waals surface area contributed by atoms with E-state index in [0.29, 0.717) is 19.6 Å². The molecule has 0 aliphatic carbocycles. The number of carboxylic acids is 1. The Labute approximate surface area is 174 Å². The van der Waals surface area contributed by atoms with Gasteiger partial charge in [-0.15, -0.1) is 0 Å². The van der Waals surface area contributed by atoms with E-state index in [4.69, 9.17) is 14.6 Å². The lowest BCUT2D eigenvalue weighted by molar-refractivity contribution is -0.192. The van der Waals surface area contributed by atoms with Crippen molar-refractivity contribution < 1.29 is 37.0 Å². The minimum Gasteiger partial charge on any atom is -0.475 e. The Bertz CT molecular complexity index is 903. The van der Waals surface area contributed by atoms with Crippen LogP contribution in [0.25, 0.3) is 0 Å². The quantitative estimate of drug-likeness (QED) is 0.708. The van der Waals surface area contributed by atoms with Crippen molar-refractivity contribution >= 4 is 11.9 Å². The number of carbonyl (C=O) groups excluding carboxylic acids is 1. The van der Waals surface area contributed by atoms with Gasteiger partial charge in [0.1, 0.15) is 6.10 Å². The van der Waals surface area contributed by atoms with Gasteiger partial charge in [-0.1, -0.05) is 0 Å². The van der Waals surface area contributed by atoms with Gasteiger partial charge in [0.05, 0.1) is 18.8 Å². The first-order chi connectivity index (χ1) is 14.5. The van der Waals surface area contributed by atoms with Crippen LogP contribution in [-0.4, -0.2) is 81.0 Å². The Kier molecular flexibility index (Phi) is 7.91. The summed E-state index contributed by atoms with van der Waals surface area (Å²) in [4.78, 5) is 28.4. The van der Waals surface area contributed by atoms with Crippen molar-refractivity contribution in [1.82, 2.24) is 24.6 Å². The molecule has 2 aromatic heterocycles. The van der Waals surface area contributed by atoms with Gasteiger partial charge >= 0.3 is 12.1 Å². The lowest BCUT2D eigenvalue weighted by Crippen LogP contribution is -2.41. The van der Waals surface area contributed by atoms with Crippen molar-refractivity contribution in [3.63, 3.8) is 0 Å². The molecular weight excluding hydrogens is 426 g/mol. The van der Waals surface area contributed by atoms with Gasteiger partial charge in [0.25, 0.3) is 5.88 Å². The van der Waals surface area contributed by atoms with E-state index in [1.807, 2.05) is 15.6 Å². The molecular formula is C18H21F4N5O4. The minimum absolute atomic E-state index is 0.00531. The zero-order valence-corrected chi connectivity index (χ0v) is 16.7. The minimum atomic E-state index is -5.08. The summed E-state index contributed by atoms with van der Waals surface area (Å²) in [6.07, 6.45) is -2.24. The number of aliphatic carboxylic acids is 1. The summed E-state index contributed by atoms with van der Waals surface area (Å²) in [5, 5.41) is 11.4. The molecule has 1 atom stereocenters. The maximum absolute atomic E-state index is 13.8. The number of amides is 1. The molecule has 1 aliphatic rings. The highest BCUT2D eigenvalue weighted by Gasteiger charge is 2.38. The molecule has 1 unspecified atom stereocenters. The van der Waals surface area contributed by atoms with Crippen molar-refractivity contribution in [2.75, 3.05) is 27.2 Å². The number of hydrogen-bond acceptors (Lipinski definition) is 6. The molecule has 9 nitrogen and oxygen atoms in total. The van der Waals surface area contributed by atoms with Gasteiger partial charge in [0, 0.05) is 39.6 Å². The number of likely N-dealkylation sites (N-methyl/N-ethyl adjacent to an activating group) is 1. The Balaban J connectivity index is 0.000000423. The maximum atomic E-state index is 13.8. The van der Waals surface area contributed by atoms with E-state index in [1.165, 1.54) is 18.3 Å². The molecule has 3 heterocycles. The van der Waals surface area contributed by atoms with Crippen LogP contribution < -0.4 is 4.74 Å². The van der Waals surface area contributed by atoms with Gasteiger partial charge in [-0.05, 0) is 18.2 Å². The SMILES string of the molecule is CN(C)C(=O)CN1Cc2ccnn2CC(Oc2ncccc2F)C1.O=C(O)C(F)(F)F. The molecule has 2 aromatic rings. The Morgan fingerprint density at radius 3 is 2.52 bits per heavy atom. The molecule has 1 amide bonds. The average Bonchev–Trinajstić information content (AvgIpc) is 3.02. The van der Waals surface area contributed by atoms with E-state index in [-0.39, 0.29) is 24.4 Å². The van der Waals surface area contributed by atoms with E-state index in [9.17, 15) is 22.4 Å². The van der Waals surface area contributed by atoms with Gasteiger partial charge in [-0.3, -0.25) is 14.4 Å². The number of rotatable bonds is 4. The van der Waals surface area contributed by atoms with E-state index in [0.717, 1.165) is 5.69 Å². The van der Waals surface area contributed by atoms with Crippen molar-refractivity contribution in [2.24, 2.45) is 0 Å². The number of halogens is 4. The van der Waals surface area contributed by atoms with Crippen LogP contribution in [0.2, 0.25) is 0 Å². The van der Waals surface area contributed by atoms with Crippen LogP contribution in [0.15, 0.2) is 30.6 Å². The third-order valence-corrected chi connectivity index (χ3v) is 4.13. The summed E-state index contributed by atoms with van der Waals surface area (Å²) < 4.78 is 53.1. The van der Waals surface area contributed by atoms with Crippen LogP contribution in [-0.2, 0) is 22.7 Å². The molecule has 13 heteroatoms. The van der Waals surface area contributed by atoms with E-state index in [2.05, 4.69) is 10.1 Å². The molecule has 1 N–H and O–H groups in total. The van der Waals surface area contributed by atoms with Crippen LogP contribution in [0.5, 0.6) is 5.88 Å². The lowest BCUT2D eigenvalue weighted by Gasteiger charge is -2.24. The fourth-order valence-electron chi connectivity index (χ4n) is 2.63. The number of nitrogens with zero attached hydrogens (tertiary/aromatic N) is 5. The second kappa shape index (κ2) is 10.2. The van der Waals surface area contributed by atoms with Gasteiger partial charge in [0.15, 0.2) is 5.82 Å². The third kappa shape index (κ3) is 7.20. The molecule has 0 bridgehead atoms. The van der Waals surface area contributed by atoms with Crippen molar-refractivity contribution in [1.29, 1.82) is 0 Å². The van der Waals surface area contributed by atoms with Gasteiger partial charge in [-0.2, -0.15) is 18.3 Å². The third-order valence-electron chi connectivity index (χ3n) is 4.13. The summed E-state index contributed by atoms with van der Waals surface area (Å²) in [6.45, 7) is 1.82. The fourth-order valence-corrected chi connectivity index (χ4v) is 2.63. The van der Waals surface area contributed by atoms with E-state index in [1.54, 1.807) is 25.2 Å². The summed E-state index contributed by atoms with van der Waals surface area (Å²) >= 11 is 0. The smallest absolute Gasteiger partial charge is 0.475 e. The molecule has 0 saturated carbocycles. The predicted molar refractivity (Wildman–Crippen MR) is 98.5 cm³/mol. The van der Waals surface area contributed by atoms with Crippen molar-refractivity contribution in [3.8, 4) is 5.88 Å². The maximum Gasteiger partial charge on any atom is 0.490 e. The zero-order chi connectivity index (χ0) is 23.2. The Morgan fingerprint density at radius 2 is 1.94 bits per heavy atom. The second-order valence-corrected chi connectivity index (χ2v) is 6.80. The molecule has 0 radical (unpaired) electrons. The van der Waals surface area contributed by atoms with E-state index >= 15 is 0 Å². The van der Waals surface area contributed by atoms with Crippen LogP contribution in [0.1, 0.15) is 5.69 Å². The molecule has 0 saturated heterocycles. The molecule has 0 aromatic carbocycles. The first kappa shape index (κ1) is 24.1. The second-order valence-electron chi connectivity index (χ2n) is 6.80. The van der Waals surface area contributed by atoms with Gasteiger partial charge in [-0.25, -0.2) is 14.2 Å². The summed E-state index contributed by atoms with van der Waals surface area (Å²) in [7, 11) is 3.45. The van der Waals surface area contributed by atoms with Gasteiger partial charge in [0.2, 0.25) is 5.91 Å². The summed E-state index contributed by atoms with van der Waals surface area (Å²) in [5.41, 5.74) is 0.995. The summed E-state index contributed by atoms with van der Waals surface area (Å²) in [6, 6.07) is 4.74. The molecule has 31 heavy (non-hydrogen) atoms. The molecule has 170 valence electrons. The first-order valence-electron chi connectivity index (χ1n) is 8.98. The lowest BCUT2D eigenvalue weighted by atomic mass is 10.3. The average molecular weight is 447 g/mol. The van der Waals surface area contributed by atoms with Crippen LogP contribution in [0, 0.1) is 5.82 Å². The van der Waals surface area contributed by atoms with Gasteiger partial charge < -0.3 is 14.7 Å². The van der Waals surface area contributed by atoms with E-state index < -0.39 is 18.0 Å². The monoisotopic (exact) mass is 447 g/mol. The number of ether oxygens (including phenoxy) is 1. The number of aromatic nitrogens is 3. The standard InChI is InChI=1S/C16H20FN5O2.C2HF3O2/c1-20(2)15(23)11-21-8-12-5-7-19-22(12)10-13(9-21)24-16-14(17)4-3-6-18-16;3-2(4,5)1(6)7/h3-7,13H,8-11H2,1-2H3;(H,6,7). The zero-order valence-electron chi connectivity index (χ0n) is 16.7. The number of carboxylic acid groups (broad SMARTS) is 1. The van der Waals surface area contributed by atoms with Crippen molar-refractivity contribution in [3.05, 3.63) is 42.1 Å². The number of pyridine rings is 1. The Hall–Kier alpha value is -3.22. The first-order valence-corrected chi connectivity index (χ1v) is 8.98. The summed E-state index contributed by atoms with van der Waals surface area (Å²) in [5.74, 6) is -3.28. The number of carbonyl (C=O) groups is 2. The van der Waals surface area contributed by atoms with Crippen LogP contribution >= 0.6 is 0 Å². The number of hydrogen-bond donors (Lipinski definition) is 1. The van der Waals surface area contributed by atoms with Crippen LogP contribution in [0.3, 0.4) is 0 Å². The normalized spacial score (nSPS) is 16.4. The highest BCUT2D eigenvalue weighted by molar-refractivity contribution is 5.77. The molecule has 3 rings (SSSR count). The molecule has 0 spiro atoms. The highest BCUT2D eigenvalue weighted by Crippen LogP contribution is 2.18. The van der Waals surface area contributed by atoms with Crippen molar-refractivity contribution in [2.45, 2.75) is 25.4 Å². The predicted octanol–water partition coefficient (Wildman–Crippen LogP) is 1.40. The van der Waals surface area contributed by atoms with Crippen LogP contribution in [0.4, 0.5) is 17.6 Å².